The zero-order valence-corrected chi connectivity index (χ0v) is 8.61. The molecule has 78 valence electrons. The zero-order chi connectivity index (χ0) is 10.2. The predicted octanol–water partition coefficient (Wildman–Crippen LogP) is 1.50. The molecule has 0 saturated heterocycles. The number of aliphatic hydroxyl groups excluding tert-OH is 1. The average molecular weight is 194 g/mol. The van der Waals surface area contributed by atoms with E-state index in [0.717, 1.165) is 19.4 Å². The molecular formula is C11H18N2O. The maximum Gasteiger partial charge on any atom is 0.0431 e. The van der Waals surface area contributed by atoms with Gasteiger partial charge in [0, 0.05) is 25.0 Å². The van der Waals surface area contributed by atoms with Crippen LogP contribution in [0, 0.1) is 0 Å². The Hall–Kier alpha value is -0.930. The summed E-state index contributed by atoms with van der Waals surface area (Å²) in [6.07, 6.45) is 5.54. The molecule has 0 aromatic carbocycles. The van der Waals surface area contributed by atoms with Gasteiger partial charge in [-0.25, -0.2) is 0 Å². The van der Waals surface area contributed by atoms with Crippen LogP contribution in [0.5, 0.6) is 0 Å². The standard InChI is InChI=1S/C11H18N2O/c1-10(13-7-2-3-8-14)11-5-4-6-12-9-11/h4-6,9-10,13-14H,2-3,7-8H2,1H3/t10-/m1/s1. The van der Waals surface area contributed by atoms with Crippen molar-refractivity contribution in [2.24, 2.45) is 0 Å². The van der Waals surface area contributed by atoms with Gasteiger partial charge in [-0.05, 0) is 37.9 Å². The van der Waals surface area contributed by atoms with Crippen molar-refractivity contribution < 1.29 is 5.11 Å². The van der Waals surface area contributed by atoms with Gasteiger partial charge in [-0.2, -0.15) is 0 Å². The van der Waals surface area contributed by atoms with E-state index in [9.17, 15) is 0 Å². The molecule has 1 aromatic heterocycles. The lowest BCUT2D eigenvalue weighted by molar-refractivity contribution is 0.283. The monoisotopic (exact) mass is 194 g/mol. The molecule has 0 spiro atoms. The highest BCUT2D eigenvalue weighted by Crippen LogP contribution is 2.09. The Morgan fingerprint density at radius 3 is 3.00 bits per heavy atom. The van der Waals surface area contributed by atoms with Crippen molar-refractivity contribution in [3.05, 3.63) is 30.1 Å². The van der Waals surface area contributed by atoms with Gasteiger partial charge in [0.15, 0.2) is 0 Å². The average Bonchev–Trinajstić information content (AvgIpc) is 2.25. The summed E-state index contributed by atoms with van der Waals surface area (Å²) in [4.78, 5) is 4.07. The minimum Gasteiger partial charge on any atom is -0.396 e. The fraction of sp³-hybridized carbons (Fsp3) is 0.545. The van der Waals surface area contributed by atoms with Crippen LogP contribution in [0.15, 0.2) is 24.5 Å². The van der Waals surface area contributed by atoms with Crippen LogP contribution in [-0.4, -0.2) is 23.2 Å². The van der Waals surface area contributed by atoms with Crippen LogP contribution >= 0.6 is 0 Å². The molecule has 0 aliphatic carbocycles. The summed E-state index contributed by atoms with van der Waals surface area (Å²) in [5.41, 5.74) is 1.21. The number of rotatable bonds is 6. The molecule has 1 aromatic rings. The van der Waals surface area contributed by atoms with Crippen LogP contribution < -0.4 is 5.32 Å². The van der Waals surface area contributed by atoms with Crippen molar-refractivity contribution in [1.29, 1.82) is 0 Å². The van der Waals surface area contributed by atoms with Gasteiger partial charge in [0.25, 0.3) is 0 Å². The summed E-state index contributed by atoms with van der Waals surface area (Å²) in [5, 5.41) is 12.0. The number of aliphatic hydroxyl groups is 1. The number of pyridine rings is 1. The molecule has 14 heavy (non-hydrogen) atoms. The molecule has 3 nitrogen and oxygen atoms in total. The fourth-order valence-electron chi connectivity index (χ4n) is 1.31. The predicted molar refractivity (Wildman–Crippen MR) is 57.0 cm³/mol. The molecule has 0 saturated carbocycles. The van der Waals surface area contributed by atoms with Crippen molar-refractivity contribution in [2.75, 3.05) is 13.2 Å². The Morgan fingerprint density at radius 2 is 2.36 bits per heavy atom. The SMILES string of the molecule is C[C@@H](NCCCCO)c1cccnc1. The van der Waals surface area contributed by atoms with Crippen LogP contribution in [0.3, 0.4) is 0 Å². The molecule has 0 radical (unpaired) electrons. The van der Waals surface area contributed by atoms with Gasteiger partial charge >= 0.3 is 0 Å². The highest BCUT2D eigenvalue weighted by Gasteiger charge is 2.02. The summed E-state index contributed by atoms with van der Waals surface area (Å²) >= 11 is 0. The third kappa shape index (κ3) is 3.85. The minimum absolute atomic E-state index is 0.281. The molecule has 0 amide bonds. The van der Waals surface area contributed by atoms with E-state index in [1.807, 2.05) is 12.3 Å². The van der Waals surface area contributed by atoms with E-state index in [0.29, 0.717) is 6.04 Å². The Balaban J connectivity index is 2.25. The van der Waals surface area contributed by atoms with Gasteiger partial charge in [-0.15, -0.1) is 0 Å². The quantitative estimate of drug-likeness (QED) is 0.675. The molecule has 0 fully saturated rings. The number of hydrogen-bond donors (Lipinski definition) is 2. The first kappa shape index (κ1) is 11.1. The molecule has 1 atom stereocenters. The van der Waals surface area contributed by atoms with E-state index < -0.39 is 0 Å². The lowest BCUT2D eigenvalue weighted by Crippen LogP contribution is -2.20. The van der Waals surface area contributed by atoms with Crippen molar-refractivity contribution in [3.63, 3.8) is 0 Å². The molecule has 0 bridgehead atoms. The molecule has 0 aliphatic heterocycles. The van der Waals surface area contributed by atoms with Gasteiger partial charge in [0.1, 0.15) is 0 Å². The summed E-state index contributed by atoms with van der Waals surface area (Å²) in [6, 6.07) is 4.35. The maximum atomic E-state index is 8.61. The number of hydrogen-bond acceptors (Lipinski definition) is 3. The first-order chi connectivity index (χ1) is 6.84. The third-order valence-corrected chi connectivity index (χ3v) is 2.22. The lowest BCUT2D eigenvalue weighted by Gasteiger charge is -2.13. The highest BCUT2D eigenvalue weighted by molar-refractivity contribution is 5.12. The summed E-state index contributed by atoms with van der Waals surface area (Å²) in [5.74, 6) is 0. The van der Waals surface area contributed by atoms with Crippen LogP contribution in [0.25, 0.3) is 0 Å². The summed E-state index contributed by atoms with van der Waals surface area (Å²) in [7, 11) is 0. The van der Waals surface area contributed by atoms with Gasteiger partial charge in [-0.1, -0.05) is 6.07 Å². The van der Waals surface area contributed by atoms with Crippen molar-refractivity contribution in [1.82, 2.24) is 10.3 Å². The van der Waals surface area contributed by atoms with E-state index in [1.54, 1.807) is 6.20 Å². The van der Waals surface area contributed by atoms with Gasteiger partial charge in [0.05, 0.1) is 0 Å². The Kier molecular flexibility index (Phi) is 5.19. The zero-order valence-electron chi connectivity index (χ0n) is 8.61. The lowest BCUT2D eigenvalue weighted by atomic mass is 10.1. The summed E-state index contributed by atoms with van der Waals surface area (Å²) in [6.45, 7) is 3.34. The highest BCUT2D eigenvalue weighted by atomic mass is 16.2. The molecule has 1 rings (SSSR count). The molecular weight excluding hydrogens is 176 g/mol. The van der Waals surface area contributed by atoms with Crippen LogP contribution in [-0.2, 0) is 0 Å². The largest absolute Gasteiger partial charge is 0.396 e. The first-order valence-electron chi connectivity index (χ1n) is 5.08. The molecule has 0 unspecified atom stereocenters. The second-order valence-electron chi connectivity index (χ2n) is 3.39. The molecule has 2 N–H and O–H groups in total. The second-order valence-corrected chi connectivity index (χ2v) is 3.39. The van der Waals surface area contributed by atoms with Gasteiger partial charge in [0.2, 0.25) is 0 Å². The van der Waals surface area contributed by atoms with E-state index in [1.165, 1.54) is 5.56 Å². The Bertz CT molecular complexity index is 238. The normalized spacial score (nSPS) is 12.7. The number of nitrogens with one attached hydrogen (secondary N) is 1. The molecule has 3 heteroatoms. The van der Waals surface area contributed by atoms with E-state index in [2.05, 4.69) is 23.3 Å². The van der Waals surface area contributed by atoms with Crippen LogP contribution in [0.2, 0.25) is 0 Å². The minimum atomic E-state index is 0.281. The Labute approximate surface area is 85.2 Å². The van der Waals surface area contributed by atoms with E-state index in [4.69, 9.17) is 5.11 Å². The second kappa shape index (κ2) is 6.51. The van der Waals surface area contributed by atoms with Crippen molar-refractivity contribution in [3.8, 4) is 0 Å². The van der Waals surface area contributed by atoms with Crippen molar-refractivity contribution >= 4 is 0 Å². The topological polar surface area (TPSA) is 45.1 Å². The number of unbranched alkanes of at least 4 members (excludes halogenated alkanes) is 1. The smallest absolute Gasteiger partial charge is 0.0431 e. The van der Waals surface area contributed by atoms with Crippen LogP contribution in [0.1, 0.15) is 31.4 Å². The Morgan fingerprint density at radius 1 is 1.50 bits per heavy atom. The molecule has 1 heterocycles. The molecule has 0 aliphatic rings. The maximum absolute atomic E-state index is 8.61. The third-order valence-electron chi connectivity index (χ3n) is 2.22. The van der Waals surface area contributed by atoms with Crippen LogP contribution in [0.4, 0.5) is 0 Å². The summed E-state index contributed by atoms with van der Waals surface area (Å²) < 4.78 is 0. The number of aromatic nitrogens is 1. The van der Waals surface area contributed by atoms with Gasteiger partial charge in [-0.3, -0.25) is 4.98 Å². The van der Waals surface area contributed by atoms with Crippen molar-refractivity contribution in [2.45, 2.75) is 25.8 Å². The fourth-order valence-corrected chi connectivity index (χ4v) is 1.31. The van der Waals surface area contributed by atoms with Gasteiger partial charge < -0.3 is 10.4 Å². The first-order valence-corrected chi connectivity index (χ1v) is 5.08. The van der Waals surface area contributed by atoms with E-state index in [-0.39, 0.29) is 6.61 Å². The van der Waals surface area contributed by atoms with E-state index >= 15 is 0 Å². The number of nitrogens with zero attached hydrogens (tertiary/aromatic N) is 1.